The molecule has 4 nitrogen and oxygen atoms in total. The molecule has 4 heteroatoms. The Morgan fingerprint density at radius 2 is 1.73 bits per heavy atom. The van der Waals surface area contributed by atoms with E-state index in [2.05, 4.69) is 9.98 Å². The zero-order chi connectivity index (χ0) is 15.2. The van der Waals surface area contributed by atoms with Crippen molar-refractivity contribution in [3.05, 3.63) is 95.9 Å². The van der Waals surface area contributed by atoms with Crippen LogP contribution in [0.2, 0.25) is 0 Å². The van der Waals surface area contributed by atoms with Gasteiger partial charge in [-0.2, -0.15) is 4.99 Å². The van der Waals surface area contributed by atoms with Crippen LogP contribution in [-0.2, 0) is 6.54 Å². The maximum absolute atomic E-state index is 12.2. The van der Waals surface area contributed by atoms with Gasteiger partial charge in [0.1, 0.15) is 11.2 Å². The minimum Gasteiger partial charge on any atom is -0.328 e. The molecule has 0 aliphatic carbocycles. The van der Waals surface area contributed by atoms with E-state index < -0.39 is 0 Å². The smallest absolute Gasteiger partial charge is 0.297 e. The summed E-state index contributed by atoms with van der Waals surface area (Å²) in [5.41, 5.74) is 2.11. The van der Waals surface area contributed by atoms with Crippen molar-refractivity contribution in [2.75, 3.05) is 0 Å². The van der Waals surface area contributed by atoms with E-state index in [9.17, 15) is 4.79 Å². The third kappa shape index (κ3) is 3.35. The van der Waals surface area contributed by atoms with Crippen molar-refractivity contribution < 1.29 is 4.79 Å². The molecule has 0 aliphatic rings. The maximum atomic E-state index is 12.2. The molecular formula is C18H15N3O. The van der Waals surface area contributed by atoms with Crippen LogP contribution < -0.4 is 5.49 Å². The third-order valence-electron chi connectivity index (χ3n) is 3.21. The van der Waals surface area contributed by atoms with Crippen molar-refractivity contribution >= 4 is 5.91 Å². The second-order valence-corrected chi connectivity index (χ2v) is 4.80. The third-order valence-corrected chi connectivity index (χ3v) is 3.21. The molecule has 3 aromatic rings. The van der Waals surface area contributed by atoms with Crippen molar-refractivity contribution in [2.24, 2.45) is 4.99 Å². The number of benzene rings is 1. The summed E-state index contributed by atoms with van der Waals surface area (Å²) in [6.07, 6.45) is 3.50. The number of carbonyl (C=O) groups is 1. The topological polar surface area (TPSA) is 47.2 Å². The summed E-state index contributed by atoms with van der Waals surface area (Å²) in [6, 6.07) is 20.9. The lowest BCUT2D eigenvalue weighted by atomic mass is 10.2. The number of hydrogen-bond donors (Lipinski definition) is 0. The second kappa shape index (κ2) is 6.63. The lowest BCUT2D eigenvalue weighted by molar-refractivity contribution is 0.0992. The fourth-order valence-electron chi connectivity index (χ4n) is 2.13. The number of aromatic nitrogens is 2. The SMILES string of the molecule is O=C(N=c1ccccn1Cc1ccccc1)c1ccccn1. The van der Waals surface area contributed by atoms with Crippen LogP contribution in [0.15, 0.2) is 84.1 Å². The molecule has 0 unspecified atom stereocenters. The Hall–Kier alpha value is -3.01. The van der Waals surface area contributed by atoms with Gasteiger partial charge in [-0.05, 0) is 29.8 Å². The highest BCUT2D eigenvalue weighted by Gasteiger charge is 2.04. The highest BCUT2D eigenvalue weighted by Crippen LogP contribution is 2.01. The van der Waals surface area contributed by atoms with Crippen LogP contribution >= 0.6 is 0 Å². The number of amides is 1. The zero-order valence-corrected chi connectivity index (χ0v) is 12.0. The van der Waals surface area contributed by atoms with Gasteiger partial charge in [0, 0.05) is 18.9 Å². The number of hydrogen-bond acceptors (Lipinski definition) is 2. The quantitative estimate of drug-likeness (QED) is 0.744. The summed E-state index contributed by atoms with van der Waals surface area (Å²) in [5, 5.41) is 0. The molecule has 2 aromatic heterocycles. The first-order chi connectivity index (χ1) is 10.8. The summed E-state index contributed by atoms with van der Waals surface area (Å²) in [4.78, 5) is 20.4. The molecule has 0 N–H and O–H groups in total. The van der Waals surface area contributed by atoms with Gasteiger partial charge in [-0.1, -0.05) is 42.5 Å². The molecule has 1 aromatic carbocycles. The van der Waals surface area contributed by atoms with E-state index in [4.69, 9.17) is 0 Å². The molecule has 0 atom stereocenters. The summed E-state index contributed by atoms with van der Waals surface area (Å²) in [7, 11) is 0. The first kappa shape index (κ1) is 13.9. The van der Waals surface area contributed by atoms with Crippen LogP contribution in [0.1, 0.15) is 16.1 Å². The largest absolute Gasteiger partial charge is 0.328 e. The van der Waals surface area contributed by atoms with E-state index in [1.54, 1.807) is 24.4 Å². The molecule has 1 amide bonds. The standard InChI is InChI=1S/C18H15N3O/c22-18(16-10-4-6-12-19-16)20-17-11-5-7-13-21(17)14-15-8-2-1-3-9-15/h1-13H,14H2. The Kier molecular flexibility index (Phi) is 4.20. The van der Waals surface area contributed by atoms with Crippen LogP contribution in [0.4, 0.5) is 0 Å². The predicted molar refractivity (Wildman–Crippen MR) is 84.1 cm³/mol. The lowest BCUT2D eigenvalue weighted by Gasteiger charge is -2.07. The van der Waals surface area contributed by atoms with Crippen molar-refractivity contribution in [3.8, 4) is 0 Å². The fraction of sp³-hybridized carbons (Fsp3) is 0.0556. The molecule has 0 fully saturated rings. The highest BCUT2D eigenvalue weighted by atomic mass is 16.1. The Labute approximate surface area is 128 Å². The van der Waals surface area contributed by atoms with Gasteiger partial charge in [-0.15, -0.1) is 0 Å². The Bertz CT molecular complexity index is 823. The van der Waals surface area contributed by atoms with Gasteiger partial charge < -0.3 is 4.57 Å². The average Bonchev–Trinajstić information content (AvgIpc) is 2.58. The fourth-order valence-corrected chi connectivity index (χ4v) is 2.13. The van der Waals surface area contributed by atoms with Gasteiger partial charge in [-0.25, -0.2) is 0 Å². The van der Waals surface area contributed by atoms with E-state index in [0.717, 1.165) is 5.56 Å². The molecule has 3 rings (SSSR count). The predicted octanol–water partition coefficient (Wildman–Crippen LogP) is 2.67. The van der Waals surface area contributed by atoms with E-state index in [1.807, 2.05) is 59.3 Å². The minimum atomic E-state index is -0.339. The van der Waals surface area contributed by atoms with Crippen LogP contribution in [0.25, 0.3) is 0 Å². The van der Waals surface area contributed by atoms with Crippen LogP contribution in [-0.4, -0.2) is 15.5 Å². The van der Waals surface area contributed by atoms with Gasteiger partial charge >= 0.3 is 0 Å². The Morgan fingerprint density at radius 1 is 0.955 bits per heavy atom. The van der Waals surface area contributed by atoms with E-state index in [0.29, 0.717) is 17.7 Å². The van der Waals surface area contributed by atoms with Crippen molar-refractivity contribution in [3.63, 3.8) is 0 Å². The normalized spacial score (nSPS) is 11.4. The first-order valence-electron chi connectivity index (χ1n) is 7.02. The van der Waals surface area contributed by atoms with Crippen LogP contribution in [0, 0.1) is 0 Å². The summed E-state index contributed by atoms with van der Waals surface area (Å²) in [6.45, 7) is 0.663. The number of nitrogens with zero attached hydrogens (tertiary/aromatic N) is 3. The minimum absolute atomic E-state index is 0.339. The molecule has 0 spiro atoms. The summed E-state index contributed by atoms with van der Waals surface area (Å²) >= 11 is 0. The Morgan fingerprint density at radius 3 is 2.50 bits per heavy atom. The van der Waals surface area contributed by atoms with Gasteiger partial charge in [0.15, 0.2) is 0 Å². The van der Waals surface area contributed by atoms with Crippen molar-refractivity contribution in [2.45, 2.75) is 6.54 Å². The van der Waals surface area contributed by atoms with Gasteiger partial charge in [-0.3, -0.25) is 9.78 Å². The van der Waals surface area contributed by atoms with Gasteiger partial charge in [0.2, 0.25) is 0 Å². The highest BCUT2D eigenvalue weighted by molar-refractivity contribution is 5.92. The molecule has 0 bridgehead atoms. The summed E-state index contributed by atoms with van der Waals surface area (Å²) in [5.74, 6) is -0.339. The Balaban J connectivity index is 1.94. The first-order valence-corrected chi connectivity index (χ1v) is 7.02. The van der Waals surface area contributed by atoms with E-state index in [1.165, 1.54) is 0 Å². The van der Waals surface area contributed by atoms with E-state index in [-0.39, 0.29) is 5.91 Å². The van der Waals surface area contributed by atoms with Crippen molar-refractivity contribution in [1.29, 1.82) is 0 Å². The molecular weight excluding hydrogens is 274 g/mol. The number of rotatable bonds is 3. The molecule has 2 heterocycles. The molecule has 0 saturated carbocycles. The molecule has 22 heavy (non-hydrogen) atoms. The van der Waals surface area contributed by atoms with Gasteiger partial charge in [0.25, 0.3) is 5.91 Å². The maximum Gasteiger partial charge on any atom is 0.297 e. The second-order valence-electron chi connectivity index (χ2n) is 4.80. The van der Waals surface area contributed by atoms with Crippen molar-refractivity contribution in [1.82, 2.24) is 9.55 Å². The number of pyridine rings is 2. The number of carbonyl (C=O) groups excluding carboxylic acids is 1. The van der Waals surface area contributed by atoms with Crippen LogP contribution in [0.3, 0.4) is 0 Å². The van der Waals surface area contributed by atoms with Crippen LogP contribution in [0.5, 0.6) is 0 Å². The molecule has 0 radical (unpaired) electrons. The molecule has 0 saturated heterocycles. The monoisotopic (exact) mass is 289 g/mol. The van der Waals surface area contributed by atoms with E-state index >= 15 is 0 Å². The zero-order valence-electron chi connectivity index (χ0n) is 12.0. The lowest BCUT2D eigenvalue weighted by Crippen LogP contribution is -2.22. The van der Waals surface area contributed by atoms with Gasteiger partial charge in [0.05, 0.1) is 0 Å². The summed E-state index contributed by atoms with van der Waals surface area (Å²) < 4.78 is 1.94. The average molecular weight is 289 g/mol. The molecule has 0 aliphatic heterocycles. The molecule has 108 valence electrons.